The maximum atomic E-state index is 12.7. The van der Waals surface area contributed by atoms with Crippen LogP contribution < -0.4 is 4.74 Å². The van der Waals surface area contributed by atoms with Crippen molar-refractivity contribution in [1.29, 1.82) is 0 Å². The van der Waals surface area contributed by atoms with Crippen molar-refractivity contribution in [3.8, 4) is 5.75 Å². The summed E-state index contributed by atoms with van der Waals surface area (Å²) in [5, 5.41) is 10.5. The third-order valence-corrected chi connectivity index (χ3v) is 1.52. The van der Waals surface area contributed by atoms with Crippen LogP contribution in [-0.4, -0.2) is 11.5 Å². The van der Waals surface area contributed by atoms with E-state index in [0.717, 1.165) is 12.1 Å². The Morgan fingerprint density at radius 2 is 2.29 bits per heavy atom. The highest BCUT2D eigenvalue weighted by Crippen LogP contribution is 2.27. The predicted octanol–water partition coefficient (Wildman–Crippen LogP) is 2.34. The van der Waals surface area contributed by atoms with Gasteiger partial charge in [0.05, 0.1) is 17.6 Å². The van der Waals surface area contributed by atoms with Crippen LogP contribution in [0.2, 0.25) is 0 Å². The summed E-state index contributed by atoms with van der Waals surface area (Å²) in [6.45, 7) is 3.79. The first-order chi connectivity index (χ1) is 6.65. The van der Waals surface area contributed by atoms with Crippen molar-refractivity contribution in [3.05, 3.63) is 41.1 Å². The summed E-state index contributed by atoms with van der Waals surface area (Å²) in [6, 6.07) is 3.19. The van der Waals surface area contributed by atoms with Gasteiger partial charge in [0.25, 0.3) is 0 Å². The van der Waals surface area contributed by atoms with E-state index >= 15 is 0 Å². The molecule has 0 aliphatic heterocycles. The first-order valence-corrected chi connectivity index (χ1v) is 4.01. The minimum absolute atomic E-state index is 0.0695. The van der Waals surface area contributed by atoms with Crippen LogP contribution in [0.3, 0.4) is 0 Å². The summed E-state index contributed by atoms with van der Waals surface area (Å²) >= 11 is 0. The largest absolute Gasteiger partial charge is 0.487 e. The van der Waals surface area contributed by atoms with Crippen LogP contribution in [0, 0.1) is 22.9 Å². The summed E-state index contributed by atoms with van der Waals surface area (Å²) in [6.07, 6.45) is 0.495. The molecule has 1 aromatic rings. The molecule has 0 spiro atoms. The van der Waals surface area contributed by atoms with E-state index < -0.39 is 10.7 Å². The van der Waals surface area contributed by atoms with Crippen molar-refractivity contribution >= 4 is 5.69 Å². The molecule has 0 N–H and O–H groups in total. The zero-order valence-electron chi connectivity index (χ0n) is 7.40. The lowest BCUT2D eigenvalue weighted by molar-refractivity contribution is -0.386. The molecule has 0 heterocycles. The van der Waals surface area contributed by atoms with Gasteiger partial charge in [-0.25, -0.2) is 4.39 Å². The molecular formula is C9H9FNO3. The molecule has 0 amide bonds. The maximum absolute atomic E-state index is 12.7. The number of rotatable bonds is 4. The van der Waals surface area contributed by atoms with Crippen molar-refractivity contribution in [3.63, 3.8) is 0 Å². The van der Waals surface area contributed by atoms with E-state index in [1.165, 1.54) is 6.07 Å². The molecule has 0 aromatic heterocycles. The monoisotopic (exact) mass is 198 g/mol. The molecular weight excluding hydrogens is 189 g/mol. The molecule has 0 fully saturated rings. The second-order valence-corrected chi connectivity index (χ2v) is 2.57. The van der Waals surface area contributed by atoms with E-state index in [1.54, 1.807) is 0 Å². The lowest BCUT2D eigenvalue weighted by Crippen LogP contribution is -1.99. The normalized spacial score (nSPS) is 9.86. The van der Waals surface area contributed by atoms with Crippen LogP contribution in [0.4, 0.5) is 10.1 Å². The Bertz CT molecular complexity index is 341. The second kappa shape index (κ2) is 4.55. The molecule has 1 rings (SSSR count). The molecule has 0 saturated carbocycles. The molecule has 0 atom stereocenters. The van der Waals surface area contributed by atoms with E-state index in [-0.39, 0.29) is 18.0 Å². The van der Waals surface area contributed by atoms with Crippen LogP contribution in [0.1, 0.15) is 6.42 Å². The van der Waals surface area contributed by atoms with Crippen LogP contribution >= 0.6 is 0 Å². The van der Waals surface area contributed by atoms with Crippen molar-refractivity contribution in [2.24, 2.45) is 0 Å². The van der Waals surface area contributed by atoms with E-state index in [0.29, 0.717) is 6.42 Å². The standard InChI is InChI=1S/C9H9FNO3/c1-2-5-14-9-4-3-7(10)6-8(9)11(12)13/h3-4,6H,1-2,5H2. The molecule has 0 bridgehead atoms. The third kappa shape index (κ3) is 2.42. The number of benzene rings is 1. The molecule has 5 heteroatoms. The van der Waals surface area contributed by atoms with Crippen molar-refractivity contribution in [1.82, 2.24) is 0 Å². The Labute approximate surface area is 80.5 Å². The molecule has 1 aromatic carbocycles. The van der Waals surface area contributed by atoms with Gasteiger partial charge in [-0.3, -0.25) is 10.1 Å². The van der Waals surface area contributed by atoms with Gasteiger partial charge >= 0.3 is 5.69 Å². The topological polar surface area (TPSA) is 52.4 Å². The summed E-state index contributed by atoms with van der Waals surface area (Å²) < 4.78 is 17.7. The molecule has 0 aliphatic rings. The van der Waals surface area contributed by atoms with Crippen molar-refractivity contribution < 1.29 is 14.1 Å². The van der Waals surface area contributed by atoms with Gasteiger partial charge in [-0.2, -0.15) is 0 Å². The van der Waals surface area contributed by atoms with Gasteiger partial charge in [-0.15, -0.1) is 0 Å². The second-order valence-electron chi connectivity index (χ2n) is 2.57. The number of halogens is 1. The van der Waals surface area contributed by atoms with Crippen LogP contribution in [0.25, 0.3) is 0 Å². The van der Waals surface area contributed by atoms with Crippen LogP contribution in [-0.2, 0) is 0 Å². The summed E-state index contributed by atoms with van der Waals surface area (Å²) in [5.41, 5.74) is -0.363. The Morgan fingerprint density at radius 3 is 2.86 bits per heavy atom. The zero-order valence-corrected chi connectivity index (χ0v) is 7.40. The van der Waals surface area contributed by atoms with E-state index in [4.69, 9.17) is 4.74 Å². The fourth-order valence-corrected chi connectivity index (χ4v) is 0.937. The number of nitro groups is 1. The van der Waals surface area contributed by atoms with Gasteiger partial charge in [-0.1, -0.05) is 0 Å². The molecule has 4 nitrogen and oxygen atoms in total. The summed E-state index contributed by atoms with van der Waals surface area (Å²) in [4.78, 5) is 9.80. The maximum Gasteiger partial charge on any atom is 0.313 e. The average Bonchev–Trinajstić information content (AvgIpc) is 2.15. The lowest BCUT2D eigenvalue weighted by Gasteiger charge is -2.04. The van der Waals surface area contributed by atoms with Crippen LogP contribution in [0.5, 0.6) is 5.75 Å². The highest BCUT2D eigenvalue weighted by Gasteiger charge is 2.15. The van der Waals surface area contributed by atoms with Crippen molar-refractivity contribution in [2.45, 2.75) is 6.42 Å². The Morgan fingerprint density at radius 1 is 1.57 bits per heavy atom. The average molecular weight is 198 g/mol. The molecule has 1 radical (unpaired) electrons. The van der Waals surface area contributed by atoms with Gasteiger partial charge in [0, 0.05) is 0 Å². The quantitative estimate of drug-likeness (QED) is 0.551. The SMILES string of the molecule is [CH2]CCOc1ccc(F)cc1[N+](=O)[O-]. The van der Waals surface area contributed by atoms with Gasteiger partial charge in [0.1, 0.15) is 5.82 Å². The molecule has 0 aliphatic carbocycles. The molecule has 0 unspecified atom stereocenters. The number of ether oxygens (including phenoxy) is 1. The summed E-state index contributed by atoms with van der Waals surface area (Å²) in [7, 11) is 0. The fraction of sp³-hybridized carbons (Fsp3) is 0.222. The van der Waals surface area contributed by atoms with Gasteiger partial charge in [-0.05, 0) is 25.5 Å². The molecule has 75 valence electrons. The number of nitrogens with zero attached hydrogens (tertiary/aromatic N) is 1. The predicted molar refractivity (Wildman–Crippen MR) is 48.5 cm³/mol. The van der Waals surface area contributed by atoms with E-state index in [1.807, 2.05) is 0 Å². The van der Waals surface area contributed by atoms with Gasteiger partial charge in [0.15, 0.2) is 5.75 Å². The summed E-state index contributed by atoms with van der Waals surface area (Å²) in [5.74, 6) is -0.585. The Balaban J connectivity index is 2.96. The number of hydrogen-bond acceptors (Lipinski definition) is 3. The lowest BCUT2D eigenvalue weighted by atomic mass is 10.3. The van der Waals surface area contributed by atoms with Crippen molar-refractivity contribution in [2.75, 3.05) is 6.61 Å². The fourth-order valence-electron chi connectivity index (χ4n) is 0.937. The Kier molecular flexibility index (Phi) is 3.39. The third-order valence-electron chi connectivity index (χ3n) is 1.52. The van der Waals surface area contributed by atoms with Crippen LogP contribution in [0.15, 0.2) is 18.2 Å². The minimum Gasteiger partial charge on any atom is -0.487 e. The van der Waals surface area contributed by atoms with Gasteiger partial charge < -0.3 is 4.74 Å². The van der Waals surface area contributed by atoms with E-state index in [2.05, 4.69) is 6.92 Å². The zero-order chi connectivity index (χ0) is 10.6. The number of nitro benzene ring substituents is 1. The highest BCUT2D eigenvalue weighted by molar-refractivity contribution is 5.46. The highest BCUT2D eigenvalue weighted by atomic mass is 19.1. The number of hydrogen-bond donors (Lipinski definition) is 0. The Hall–Kier alpha value is -1.65. The van der Waals surface area contributed by atoms with Gasteiger partial charge in [0.2, 0.25) is 0 Å². The first-order valence-electron chi connectivity index (χ1n) is 4.01. The minimum atomic E-state index is -0.679. The first kappa shape index (κ1) is 10.4. The molecule has 14 heavy (non-hydrogen) atoms. The molecule has 0 saturated heterocycles. The van der Waals surface area contributed by atoms with E-state index in [9.17, 15) is 14.5 Å². The smallest absolute Gasteiger partial charge is 0.313 e.